The number of benzene rings is 3. The molecule has 178 valence electrons. The first kappa shape index (κ1) is 23.0. The molecule has 0 saturated carbocycles. The first-order valence-corrected chi connectivity index (χ1v) is 11.7. The summed E-state index contributed by atoms with van der Waals surface area (Å²) in [6.45, 7) is 1.97. The van der Waals surface area contributed by atoms with Crippen molar-refractivity contribution in [3.63, 3.8) is 0 Å². The molecule has 0 bridgehead atoms. The number of alkyl halides is 3. The Labute approximate surface area is 203 Å². The van der Waals surface area contributed by atoms with Crippen molar-refractivity contribution in [1.29, 1.82) is 0 Å². The number of hydrogen-bond acceptors (Lipinski definition) is 5. The highest BCUT2D eigenvalue weighted by molar-refractivity contribution is 8.00. The fraction of sp³-hybridized carbons (Fsp3) is 0.160. The summed E-state index contributed by atoms with van der Waals surface area (Å²) in [5, 5.41) is 11.0. The third-order valence-corrected chi connectivity index (χ3v) is 6.84. The molecule has 4 aromatic rings. The molecule has 3 aromatic carbocycles. The van der Waals surface area contributed by atoms with Crippen molar-refractivity contribution < 1.29 is 18.0 Å². The summed E-state index contributed by atoms with van der Waals surface area (Å²) < 4.78 is 41.2. The number of nitrogens with zero attached hydrogens (tertiary/aromatic N) is 3. The normalized spacial score (nSPS) is 17.4. The molecule has 2 atom stereocenters. The van der Waals surface area contributed by atoms with Gasteiger partial charge in [0.15, 0.2) is 5.82 Å². The maximum absolute atomic E-state index is 13.4. The molecular formula is C25H20F3N5OS. The van der Waals surface area contributed by atoms with E-state index in [4.69, 9.17) is 0 Å². The molecule has 1 aliphatic heterocycles. The zero-order valence-electron chi connectivity index (χ0n) is 18.5. The molecule has 5 rings (SSSR count). The fourth-order valence-electron chi connectivity index (χ4n) is 3.84. The van der Waals surface area contributed by atoms with Gasteiger partial charge in [0.05, 0.1) is 11.6 Å². The van der Waals surface area contributed by atoms with Gasteiger partial charge in [0.1, 0.15) is 5.25 Å². The monoisotopic (exact) mass is 495 g/mol. The van der Waals surface area contributed by atoms with Gasteiger partial charge < -0.3 is 10.7 Å². The minimum atomic E-state index is -4.50. The van der Waals surface area contributed by atoms with Crippen LogP contribution in [0, 0.1) is 6.92 Å². The minimum absolute atomic E-state index is 0.0742. The lowest BCUT2D eigenvalue weighted by Gasteiger charge is -2.33. The molecule has 1 amide bonds. The van der Waals surface area contributed by atoms with Gasteiger partial charge in [-0.1, -0.05) is 78.0 Å². The molecule has 1 aliphatic rings. The summed E-state index contributed by atoms with van der Waals surface area (Å²) in [5.74, 6) is 0.157. The van der Waals surface area contributed by atoms with Crippen LogP contribution in [-0.4, -0.2) is 26.0 Å². The molecular weight excluding hydrogens is 475 g/mol. The first-order chi connectivity index (χ1) is 16.8. The zero-order valence-corrected chi connectivity index (χ0v) is 19.3. The van der Waals surface area contributed by atoms with Crippen molar-refractivity contribution in [3.8, 4) is 11.4 Å². The fourth-order valence-corrected chi connectivity index (χ4v) is 4.92. The first-order valence-electron chi connectivity index (χ1n) is 10.8. The van der Waals surface area contributed by atoms with Crippen LogP contribution in [-0.2, 0) is 11.0 Å². The number of fused-ring (bicyclic) bond motifs is 1. The Morgan fingerprint density at radius 2 is 1.74 bits per heavy atom. The number of anilines is 1. The molecule has 2 N–H and O–H groups in total. The standard InChI is InChI=1S/C25H20F3N5OS/c1-15-10-12-16(13-11-15)20-21(23(34)29-19-9-5-8-18(14-19)25(26,27)28)35-24-31-30-22(33(24)32-20)17-6-3-2-4-7-17/h2-14,20-21,32H,1H3,(H,29,34). The highest BCUT2D eigenvalue weighted by Crippen LogP contribution is 2.39. The van der Waals surface area contributed by atoms with E-state index in [0.717, 1.165) is 28.8 Å². The number of nitrogens with one attached hydrogen (secondary N) is 2. The van der Waals surface area contributed by atoms with Crippen LogP contribution < -0.4 is 10.7 Å². The minimum Gasteiger partial charge on any atom is -0.325 e. The van der Waals surface area contributed by atoms with E-state index in [9.17, 15) is 18.0 Å². The lowest BCUT2D eigenvalue weighted by Crippen LogP contribution is -2.41. The topological polar surface area (TPSA) is 71.8 Å². The summed E-state index contributed by atoms with van der Waals surface area (Å²) in [6, 6.07) is 21.4. The predicted molar refractivity (Wildman–Crippen MR) is 128 cm³/mol. The summed E-state index contributed by atoms with van der Waals surface area (Å²) in [4.78, 5) is 13.4. The Hall–Kier alpha value is -3.79. The summed E-state index contributed by atoms with van der Waals surface area (Å²) in [6.07, 6.45) is -4.50. The molecule has 6 nitrogen and oxygen atoms in total. The van der Waals surface area contributed by atoms with Crippen LogP contribution in [0.2, 0.25) is 0 Å². The van der Waals surface area contributed by atoms with Gasteiger partial charge in [-0.15, -0.1) is 10.2 Å². The van der Waals surface area contributed by atoms with Crippen LogP contribution in [0.1, 0.15) is 22.7 Å². The summed E-state index contributed by atoms with van der Waals surface area (Å²) in [7, 11) is 0. The van der Waals surface area contributed by atoms with E-state index >= 15 is 0 Å². The number of halogens is 3. The molecule has 0 spiro atoms. The van der Waals surface area contributed by atoms with Gasteiger partial charge in [-0.3, -0.25) is 4.79 Å². The number of hydrogen-bond donors (Lipinski definition) is 2. The zero-order chi connectivity index (χ0) is 24.6. The van der Waals surface area contributed by atoms with Crippen molar-refractivity contribution in [2.45, 2.75) is 29.5 Å². The Bertz CT molecular complexity index is 1360. The van der Waals surface area contributed by atoms with Crippen LogP contribution in [0.15, 0.2) is 84.0 Å². The summed E-state index contributed by atoms with van der Waals surface area (Å²) >= 11 is 1.21. The van der Waals surface area contributed by atoms with Crippen molar-refractivity contribution in [1.82, 2.24) is 14.9 Å². The van der Waals surface area contributed by atoms with Gasteiger partial charge in [0.25, 0.3) is 0 Å². The molecule has 0 fully saturated rings. The smallest absolute Gasteiger partial charge is 0.325 e. The maximum atomic E-state index is 13.4. The van der Waals surface area contributed by atoms with Crippen molar-refractivity contribution in [2.24, 2.45) is 0 Å². The highest BCUT2D eigenvalue weighted by atomic mass is 32.2. The van der Waals surface area contributed by atoms with Crippen LogP contribution >= 0.6 is 11.8 Å². The quantitative estimate of drug-likeness (QED) is 0.382. The molecule has 1 aromatic heterocycles. The lowest BCUT2D eigenvalue weighted by molar-refractivity contribution is -0.137. The Kier molecular flexibility index (Phi) is 5.98. The molecule has 2 heterocycles. The summed E-state index contributed by atoms with van der Waals surface area (Å²) in [5.41, 5.74) is 5.38. The molecule has 35 heavy (non-hydrogen) atoms. The number of thioether (sulfide) groups is 1. The number of amides is 1. The second kappa shape index (κ2) is 9.10. The molecule has 0 saturated heterocycles. The Balaban J connectivity index is 1.49. The predicted octanol–water partition coefficient (Wildman–Crippen LogP) is 5.67. The van der Waals surface area contributed by atoms with E-state index < -0.39 is 28.9 Å². The molecule has 10 heteroatoms. The third kappa shape index (κ3) is 4.74. The van der Waals surface area contributed by atoms with E-state index in [1.54, 1.807) is 4.68 Å². The number of aromatic nitrogens is 3. The average Bonchev–Trinajstić information content (AvgIpc) is 3.27. The van der Waals surface area contributed by atoms with Gasteiger partial charge in [0.2, 0.25) is 11.1 Å². The lowest BCUT2D eigenvalue weighted by atomic mass is 10.0. The van der Waals surface area contributed by atoms with E-state index in [1.807, 2.05) is 61.5 Å². The second-order valence-corrected chi connectivity index (χ2v) is 9.24. The van der Waals surface area contributed by atoms with Crippen molar-refractivity contribution in [2.75, 3.05) is 10.7 Å². The second-order valence-electron chi connectivity index (χ2n) is 8.13. The van der Waals surface area contributed by atoms with E-state index in [0.29, 0.717) is 11.0 Å². The van der Waals surface area contributed by atoms with E-state index in [2.05, 4.69) is 20.9 Å². The van der Waals surface area contributed by atoms with E-state index in [1.165, 1.54) is 23.9 Å². The number of carbonyl (C=O) groups excluding carboxylic acids is 1. The van der Waals surface area contributed by atoms with Gasteiger partial charge in [-0.25, -0.2) is 4.68 Å². The maximum Gasteiger partial charge on any atom is 0.416 e. The van der Waals surface area contributed by atoms with Gasteiger partial charge >= 0.3 is 6.18 Å². The Morgan fingerprint density at radius 3 is 2.46 bits per heavy atom. The van der Waals surface area contributed by atoms with Gasteiger partial charge in [0, 0.05) is 11.3 Å². The van der Waals surface area contributed by atoms with Crippen molar-refractivity contribution >= 4 is 23.4 Å². The molecule has 0 aliphatic carbocycles. The Morgan fingerprint density at radius 1 is 1.00 bits per heavy atom. The van der Waals surface area contributed by atoms with Crippen LogP contribution in [0.3, 0.4) is 0 Å². The highest BCUT2D eigenvalue weighted by Gasteiger charge is 2.38. The number of carbonyl (C=O) groups is 1. The van der Waals surface area contributed by atoms with Crippen LogP contribution in [0.25, 0.3) is 11.4 Å². The third-order valence-electron chi connectivity index (χ3n) is 5.62. The SMILES string of the molecule is Cc1ccc(C2Nn3c(nnc3-c3ccccc3)SC2C(=O)Nc2cccc(C(F)(F)F)c2)cc1. The average molecular weight is 496 g/mol. The molecule has 0 radical (unpaired) electrons. The largest absolute Gasteiger partial charge is 0.416 e. The van der Waals surface area contributed by atoms with Crippen molar-refractivity contribution in [3.05, 3.63) is 95.6 Å². The molecule has 2 unspecified atom stereocenters. The number of aryl methyl sites for hydroxylation is 1. The number of rotatable bonds is 4. The van der Waals surface area contributed by atoms with Gasteiger partial charge in [-0.2, -0.15) is 13.2 Å². The van der Waals surface area contributed by atoms with E-state index in [-0.39, 0.29) is 5.69 Å². The van der Waals surface area contributed by atoms with Crippen LogP contribution in [0.5, 0.6) is 0 Å². The van der Waals surface area contributed by atoms with Gasteiger partial charge in [-0.05, 0) is 30.7 Å². The van der Waals surface area contributed by atoms with Crippen LogP contribution in [0.4, 0.5) is 18.9 Å².